The number of carbonyl (C=O) groups excluding carboxylic acids is 1. The number of hydrogen-bond donors (Lipinski definition) is 3. The molecule has 1 heterocycles. The van der Waals surface area contributed by atoms with Gasteiger partial charge in [0.25, 0.3) is 16.0 Å². The van der Waals surface area contributed by atoms with Crippen molar-refractivity contribution in [2.75, 3.05) is 5.32 Å². The van der Waals surface area contributed by atoms with Gasteiger partial charge in [0.05, 0.1) is 17.7 Å². The van der Waals surface area contributed by atoms with Gasteiger partial charge < -0.3 is 15.1 Å². The van der Waals surface area contributed by atoms with Crippen molar-refractivity contribution in [2.24, 2.45) is 0 Å². The summed E-state index contributed by atoms with van der Waals surface area (Å²) in [6, 6.07) is 10.4. The molecule has 0 aliphatic heterocycles. The maximum atomic E-state index is 11.9. The van der Waals surface area contributed by atoms with Gasteiger partial charge in [0.2, 0.25) is 0 Å². The zero-order valence-electron chi connectivity index (χ0n) is 12.3. The van der Waals surface area contributed by atoms with E-state index in [0.717, 1.165) is 6.20 Å². The van der Waals surface area contributed by atoms with Crippen LogP contribution in [-0.2, 0) is 21.5 Å². The fourth-order valence-corrected chi connectivity index (χ4v) is 2.25. The smallest absolute Gasteiger partial charge is 0.294 e. The van der Waals surface area contributed by atoms with Crippen LogP contribution in [0.15, 0.2) is 63.7 Å². The summed E-state index contributed by atoms with van der Waals surface area (Å²) in [4.78, 5) is 11.6. The van der Waals surface area contributed by atoms with Gasteiger partial charge in [-0.1, -0.05) is 6.07 Å². The summed E-state index contributed by atoms with van der Waals surface area (Å²) in [6.45, 7) is 0.128. The Morgan fingerprint density at radius 3 is 2.75 bits per heavy atom. The highest BCUT2D eigenvalue weighted by molar-refractivity contribution is 7.85. The number of nitrogens with one attached hydrogen (secondary N) is 2. The Morgan fingerprint density at radius 1 is 1.33 bits per heavy atom. The summed E-state index contributed by atoms with van der Waals surface area (Å²) in [5.74, 6) is -0.0817. The molecule has 1 amide bonds. The molecule has 0 atom stereocenters. The molecule has 0 aliphatic rings. The van der Waals surface area contributed by atoms with Gasteiger partial charge >= 0.3 is 0 Å². The van der Waals surface area contributed by atoms with Crippen molar-refractivity contribution in [2.45, 2.75) is 11.4 Å². The largest absolute Gasteiger partial charge is 0.467 e. The van der Waals surface area contributed by atoms with Gasteiger partial charge in [-0.3, -0.25) is 9.35 Å². The Hall–Kier alpha value is -3.09. The van der Waals surface area contributed by atoms with E-state index in [1.54, 1.807) is 18.2 Å². The molecule has 0 spiro atoms. The van der Waals surface area contributed by atoms with Crippen molar-refractivity contribution in [3.63, 3.8) is 0 Å². The van der Waals surface area contributed by atoms with E-state index in [1.165, 1.54) is 30.5 Å². The van der Waals surface area contributed by atoms with Crippen molar-refractivity contribution in [1.82, 2.24) is 5.32 Å². The molecule has 0 saturated heterocycles. The number of carbonyl (C=O) groups is 1. The molecule has 8 nitrogen and oxygen atoms in total. The summed E-state index contributed by atoms with van der Waals surface area (Å²) >= 11 is 0. The predicted molar refractivity (Wildman–Crippen MR) is 84.1 cm³/mol. The normalized spacial score (nSPS) is 11.6. The summed E-state index contributed by atoms with van der Waals surface area (Å²) in [5.41, 5.74) is 0.0792. The molecule has 1 aromatic carbocycles. The molecule has 0 aliphatic carbocycles. The third kappa shape index (κ3) is 4.70. The molecular formula is C15H13N3O5S. The second kappa shape index (κ2) is 7.45. The maximum Gasteiger partial charge on any atom is 0.294 e. The first-order valence-electron chi connectivity index (χ1n) is 6.65. The molecular weight excluding hydrogens is 334 g/mol. The SMILES string of the molecule is N#C/C(=C/Nc1cccc(S(=O)(=O)O)c1)C(=O)NCc1ccco1. The molecule has 0 bridgehead atoms. The molecule has 0 saturated carbocycles. The van der Waals surface area contributed by atoms with Crippen molar-refractivity contribution < 1.29 is 22.2 Å². The van der Waals surface area contributed by atoms with E-state index in [1.807, 2.05) is 0 Å². The van der Waals surface area contributed by atoms with Crippen LogP contribution in [0, 0.1) is 11.3 Å². The molecule has 3 N–H and O–H groups in total. The van der Waals surface area contributed by atoms with Crippen LogP contribution in [0.4, 0.5) is 5.69 Å². The van der Waals surface area contributed by atoms with E-state index >= 15 is 0 Å². The highest BCUT2D eigenvalue weighted by atomic mass is 32.2. The molecule has 24 heavy (non-hydrogen) atoms. The lowest BCUT2D eigenvalue weighted by Gasteiger charge is -2.05. The summed E-state index contributed by atoms with van der Waals surface area (Å²) in [5, 5.41) is 14.2. The number of anilines is 1. The number of rotatable bonds is 6. The predicted octanol–water partition coefficient (Wildman–Crippen LogP) is 1.66. The van der Waals surface area contributed by atoms with Crippen molar-refractivity contribution >= 4 is 21.7 Å². The molecule has 1 aromatic heterocycles. The molecule has 9 heteroatoms. The molecule has 0 unspecified atom stereocenters. The highest BCUT2D eigenvalue weighted by Crippen LogP contribution is 2.15. The fraction of sp³-hybridized carbons (Fsp3) is 0.0667. The Morgan fingerprint density at radius 2 is 2.12 bits per heavy atom. The highest BCUT2D eigenvalue weighted by Gasteiger charge is 2.11. The molecule has 2 rings (SSSR count). The van der Waals surface area contributed by atoms with Crippen LogP contribution in [0.1, 0.15) is 5.76 Å². The van der Waals surface area contributed by atoms with E-state index < -0.39 is 16.0 Å². The quantitative estimate of drug-likeness (QED) is 0.411. The number of furan rings is 1. The number of nitrogens with zero attached hydrogens (tertiary/aromatic N) is 1. The first-order valence-corrected chi connectivity index (χ1v) is 8.09. The van der Waals surface area contributed by atoms with Crippen molar-refractivity contribution in [3.05, 3.63) is 60.2 Å². The fourth-order valence-electron chi connectivity index (χ4n) is 1.73. The van der Waals surface area contributed by atoms with E-state index in [4.69, 9.17) is 14.2 Å². The van der Waals surface area contributed by atoms with Crippen LogP contribution in [-0.4, -0.2) is 18.9 Å². The third-order valence-electron chi connectivity index (χ3n) is 2.88. The molecule has 2 aromatic rings. The average molecular weight is 347 g/mol. The standard InChI is InChI=1S/C15H13N3O5S/c16-8-11(15(19)18-10-13-4-2-6-23-13)9-17-12-3-1-5-14(7-12)24(20,21)22/h1-7,9,17H,10H2,(H,18,19)(H,20,21,22)/b11-9-. The summed E-state index contributed by atoms with van der Waals surface area (Å²) in [6.07, 6.45) is 2.60. The Balaban J connectivity index is 2.05. The van der Waals surface area contributed by atoms with Gasteiger partial charge in [-0.25, -0.2) is 0 Å². The second-order valence-corrected chi connectivity index (χ2v) is 6.00. The minimum absolute atomic E-state index is 0.128. The van der Waals surface area contributed by atoms with Gasteiger partial charge in [-0.15, -0.1) is 0 Å². The first-order chi connectivity index (χ1) is 11.4. The van der Waals surface area contributed by atoms with E-state index in [0.29, 0.717) is 5.76 Å². The molecule has 0 fully saturated rings. The lowest BCUT2D eigenvalue weighted by molar-refractivity contribution is -0.117. The number of nitriles is 1. The number of benzene rings is 1. The van der Waals surface area contributed by atoms with Gasteiger partial charge in [-0.05, 0) is 30.3 Å². The van der Waals surface area contributed by atoms with Crippen molar-refractivity contribution in [1.29, 1.82) is 5.26 Å². The van der Waals surface area contributed by atoms with E-state index in [9.17, 15) is 13.2 Å². The first kappa shape index (κ1) is 17.3. The second-order valence-electron chi connectivity index (χ2n) is 4.58. The van der Waals surface area contributed by atoms with Crippen LogP contribution < -0.4 is 10.6 Å². The lowest BCUT2D eigenvalue weighted by Crippen LogP contribution is -2.24. The lowest BCUT2D eigenvalue weighted by atomic mass is 10.2. The van der Waals surface area contributed by atoms with Gasteiger partial charge in [0.15, 0.2) is 0 Å². The summed E-state index contributed by atoms with van der Waals surface area (Å²) in [7, 11) is -4.33. The minimum atomic E-state index is -4.33. The Bertz CT molecular complexity index is 895. The maximum absolute atomic E-state index is 11.9. The summed E-state index contributed by atoms with van der Waals surface area (Å²) < 4.78 is 36.2. The number of amides is 1. The van der Waals surface area contributed by atoms with Crippen molar-refractivity contribution in [3.8, 4) is 6.07 Å². The zero-order valence-corrected chi connectivity index (χ0v) is 13.1. The van der Waals surface area contributed by atoms with Crippen LogP contribution >= 0.6 is 0 Å². The average Bonchev–Trinajstić information content (AvgIpc) is 3.06. The van der Waals surface area contributed by atoms with E-state index in [2.05, 4.69) is 10.6 Å². The molecule has 124 valence electrons. The van der Waals surface area contributed by atoms with Crippen LogP contribution in [0.3, 0.4) is 0 Å². The van der Waals surface area contributed by atoms with Gasteiger partial charge in [-0.2, -0.15) is 13.7 Å². The topological polar surface area (TPSA) is 132 Å². The van der Waals surface area contributed by atoms with Gasteiger partial charge in [0.1, 0.15) is 17.4 Å². The monoisotopic (exact) mass is 347 g/mol. The van der Waals surface area contributed by atoms with Crippen LogP contribution in [0.5, 0.6) is 0 Å². The number of hydrogen-bond acceptors (Lipinski definition) is 6. The minimum Gasteiger partial charge on any atom is -0.467 e. The molecule has 0 radical (unpaired) electrons. The van der Waals surface area contributed by atoms with Gasteiger partial charge in [0, 0.05) is 11.9 Å². The Kier molecular flexibility index (Phi) is 5.36. The third-order valence-corrected chi connectivity index (χ3v) is 3.73. The van der Waals surface area contributed by atoms with Crippen LogP contribution in [0.25, 0.3) is 0 Å². The Labute approximate surface area is 138 Å². The zero-order chi connectivity index (χ0) is 17.6. The van der Waals surface area contributed by atoms with Crippen LogP contribution in [0.2, 0.25) is 0 Å². The van der Waals surface area contributed by atoms with E-state index in [-0.39, 0.29) is 22.7 Å².